The lowest BCUT2D eigenvalue weighted by Gasteiger charge is -2.12. The standard InChI is InChI=1S/C23H25N3O2/c1-15(2)28-21-9-7-19(8-10-21)25-20-12-18(13-24-14-20)23(27)26-22-11-16(3)5-6-17(22)4/h5-15,25H,1-4H3,(H,26,27). The van der Waals surface area contributed by atoms with Gasteiger partial charge in [0.1, 0.15) is 5.75 Å². The van der Waals surface area contributed by atoms with Gasteiger partial charge in [0.2, 0.25) is 0 Å². The van der Waals surface area contributed by atoms with Crippen LogP contribution in [0.2, 0.25) is 0 Å². The van der Waals surface area contributed by atoms with Gasteiger partial charge >= 0.3 is 0 Å². The summed E-state index contributed by atoms with van der Waals surface area (Å²) in [6.45, 7) is 7.95. The number of anilines is 3. The smallest absolute Gasteiger partial charge is 0.257 e. The van der Waals surface area contributed by atoms with Gasteiger partial charge in [0.05, 0.1) is 23.6 Å². The molecular formula is C23H25N3O2. The second-order valence-electron chi connectivity index (χ2n) is 7.05. The summed E-state index contributed by atoms with van der Waals surface area (Å²) in [6.07, 6.45) is 3.38. The molecule has 5 nitrogen and oxygen atoms in total. The molecule has 2 aromatic carbocycles. The molecule has 1 heterocycles. The van der Waals surface area contributed by atoms with Crippen molar-refractivity contribution in [3.63, 3.8) is 0 Å². The van der Waals surface area contributed by atoms with Crippen molar-refractivity contribution in [2.45, 2.75) is 33.8 Å². The van der Waals surface area contributed by atoms with E-state index in [2.05, 4.69) is 15.6 Å². The predicted molar refractivity (Wildman–Crippen MR) is 114 cm³/mol. The molecule has 144 valence electrons. The molecule has 0 bridgehead atoms. The zero-order chi connectivity index (χ0) is 20.1. The zero-order valence-electron chi connectivity index (χ0n) is 16.6. The largest absolute Gasteiger partial charge is 0.491 e. The third-order valence-corrected chi connectivity index (χ3v) is 4.16. The molecule has 5 heteroatoms. The number of hydrogen-bond donors (Lipinski definition) is 2. The Morgan fingerprint density at radius 3 is 2.43 bits per heavy atom. The molecule has 0 aliphatic heterocycles. The molecule has 0 fully saturated rings. The number of aromatic nitrogens is 1. The maximum absolute atomic E-state index is 12.6. The molecule has 0 aliphatic carbocycles. The van der Waals surface area contributed by atoms with Crippen LogP contribution < -0.4 is 15.4 Å². The Morgan fingerprint density at radius 1 is 0.964 bits per heavy atom. The molecule has 28 heavy (non-hydrogen) atoms. The lowest BCUT2D eigenvalue weighted by Crippen LogP contribution is -2.13. The molecular weight excluding hydrogens is 350 g/mol. The summed E-state index contributed by atoms with van der Waals surface area (Å²) in [7, 11) is 0. The normalized spacial score (nSPS) is 10.6. The van der Waals surface area contributed by atoms with Gasteiger partial charge in [-0.15, -0.1) is 0 Å². The monoisotopic (exact) mass is 375 g/mol. The highest BCUT2D eigenvalue weighted by atomic mass is 16.5. The number of pyridine rings is 1. The summed E-state index contributed by atoms with van der Waals surface area (Å²) in [6, 6.07) is 15.4. The SMILES string of the molecule is Cc1ccc(C)c(NC(=O)c2cncc(Nc3ccc(OC(C)C)cc3)c2)c1. The molecule has 0 atom stereocenters. The van der Waals surface area contributed by atoms with Gasteiger partial charge in [0.25, 0.3) is 5.91 Å². The van der Waals surface area contributed by atoms with E-state index < -0.39 is 0 Å². The van der Waals surface area contributed by atoms with Crippen molar-refractivity contribution in [1.29, 1.82) is 0 Å². The number of amides is 1. The summed E-state index contributed by atoms with van der Waals surface area (Å²) in [5.74, 6) is 0.630. The van der Waals surface area contributed by atoms with E-state index in [9.17, 15) is 4.79 Å². The fourth-order valence-electron chi connectivity index (χ4n) is 2.75. The molecule has 0 saturated carbocycles. The molecule has 3 aromatic rings. The van der Waals surface area contributed by atoms with Gasteiger partial charge in [-0.2, -0.15) is 0 Å². The maximum Gasteiger partial charge on any atom is 0.257 e. The lowest BCUT2D eigenvalue weighted by atomic mass is 10.1. The number of nitrogens with one attached hydrogen (secondary N) is 2. The fourth-order valence-corrected chi connectivity index (χ4v) is 2.75. The van der Waals surface area contributed by atoms with Crippen LogP contribution in [0, 0.1) is 13.8 Å². The van der Waals surface area contributed by atoms with Crippen LogP contribution in [-0.2, 0) is 0 Å². The number of benzene rings is 2. The second-order valence-corrected chi connectivity index (χ2v) is 7.05. The van der Waals surface area contributed by atoms with Crippen LogP contribution in [0.4, 0.5) is 17.1 Å². The first-order chi connectivity index (χ1) is 13.4. The van der Waals surface area contributed by atoms with Crippen molar-refractivity contribution in [2.75, 3.05) is 10.6 Å². The second kappa shape index (κ2) is 8.57. The molecule has 0 unspecified atom stereocenters. The number of hydrogen-bond acceptors (Lipinski definition) is 4. The highest BCUT2D eigenvalue weighted by molar-refractivity contribution is 6.05. The predicted octanol–water partition coefficient (Wildman–Crippen LogP) is 5.48. The molecule has 3 rings (SSSR count). The molecule has 0 spiro atoms. The topological polar surface area (TPSA) is 63.2 Å². The molecule has 0 radical (unpaired) electrons. The first-order valence-electron chi connectivity index (χ1n) is 9.28. The van der Waals surface area contributed by atoms with E-state index in [0.717, 1.165) is 33.9 Å². The van der Waals surface area contributed by atoms with Crippen molar-refractivity contribution in [3.05, 3.63) is 77.6 Å². The molecule has 1 amide bonds. The third kappa shape index (κ3) is 5.10. The van der Waals surface area contributed by atoms with Crippen LogP contribution in [-0.4, -0.2) is 17.0 Å². The summed E-state index contributed by atoms with van der Waals surface area (Å²) >= 11 is 0. The highest BCUT2D eigenvalue weighted by Crippen LogP contribution is 2.22. The Labute approximate surface area is 165 Å². The van der Waals surface area contributed by atoms with Gasteiger partial charge in [0.15, 0.2) is 0 Å². The first-order valence-corrected chi connectivity index (χ1v) is 9.28. The summed E-state index contributed by atoms with van der Waals surface area (Å²) in [5.41, 5.74) is 5.05. The van der Waals surface area contributed by atoms with Crippen LogP contribution >= 0.6 is 0 Å². The molecule has 2 N–H and O–H groups in total. The first kappa shape index (κ1) is 19.4. The Hall–Kier alpha value is -3.34. The summed E-state index contributed by atoms with van der Waals surface area (Å²) in [4.78, 5) is 16.8. The number of aryl methyl sites for hydroxylation is 2. The summed E-state index contributed by atoms with van der Waals surface area (Å²) < 4.78 is 5.65. The van der Waals surface area contributed by atoms with Crippen LogP contribution in [0.5, 0.6) is 5.75 Å². The molecule has 0 saturated heterocycles. The van der Waals surface area contributed by atoms with Crippen molar-refractivity contribution in [3.8, 4) is 5.75 Å². The van der Waals surface area contributed by atoms with E-state index in [1.807, 2.05) is 70.2 Å². The average Bonchev–Trinajstić information content (AvgIpc) is 2.66. The van der Waals surface area contributed by atoms with Gasteiger partial charge in [-0.05, 0) is 75.2 Å². The van der Waals surface area contributed by atoms with Gasteiger partial charge in [-0.1, -0.05) is 12.1 Å². The van der Waals surface area contributed by atoms with E-state index >= 15 is 0 Å². The van der Waals surface area contributed by atoms with Crippen LogP contribution in [0.1, 0.15) is 35.3 Å². The van der Waals surface area contributed by atoms with E-state index in [0.29, 0.717) is 5.56 Å². The molecule has 1 aromatic heterocycles. The lowest BCUT2D eigenvalue weighted by molar-refractivity contribution is 0.102. The Balaban J connectivity index is 1.71. The Kier molecular flexibility index (Phi) is 5.94. The minimum atomic E-state index is -0.189. The quantitative estimate of drug-likeness (QED) is 0.599. The number of nitrogens with zero attached hydrogens (tertiary/aromatic N) is 1. The van der Waals surface area contributed by atoms with Crippen molar-refractivity contribution >= 4 is 23.0 Å². The van der Waals surface area contributed by atoms with Gasteiger partial charge in [-0.25, -0.2) is 0 Å². The van der Waals surface area contributed by atoms with Gasteiger partial charge in [-0.3, -0.25) is 9.78 Å². The maximum atomic E-state index is 12.6. The van der Waals surface area contributed by atoms with E-state index in [1.54, 1.807) is 18.5 Å². The van der Waals surface area contributed by atoms with Crippen molar-refractivity contribution in [1.82, 2.24) is 4.98 Å². The van der Waals surface area contributed by atoms with E-state index in [-0.39, 0.29) is 12.0 Å². The van der Waals surface area contributed by atoms with Gasteiger partial charge in [0, 0.05) is 17.6 Å². The van der Waals surface area contributed by atoms with E-state index in [1.165, 1.54) is 0 Å². The number of carbonyl (C=O) groups excluding carboxylic acids is 1. The number of ether oxygens (including phenoxy) is 1. The highest BCUT2D eigenvalue weighted by Gasteiger charge is 2.10. The van der Waals surface area contributed by atoms with Gasteiger partial charge < -0.3 is 15.4 Å². The minimum absolute atomic E-state index is 0.134. The minimum Gasteiger partial charge on any atom is -0.491 e. The Bertz CT molecular complexity index is 966. The Morgan fingerprint density at radius 2 is 1.71 bits per heavy atom. The van der Waals surface area contributed by atoms with E-state index in [4.69, 9.17) is 4.74 Å². The van der Waals surface area contributed by atoms with Crippen molar-refractivity contribution in [2.24, 2.45) is 0 Å². The number of carbonyl (C=O) groups is 1. The van der Waals surface area contributed by atoms with Crippen LogP contribution in [0.25, 0.3) is 0 Å². The van der Waals surface area contributed by atoms with Crippen molar-refractivity contribution < 1.29 is 9.53 Å². The molecule has 0 aliphatic rings. The summed E-state index contributed by atoms with van der Waals surface area (Å²) in [5, 5.41) is 6.23. The van der Waals surface area contributed by atoms with Crippen LogP contribution in [0.3, 0.4) is 0 Å². The zero-order valence-corrected chi connectivity index (χ0v) is 16.6. The third-order valence-electron chi connectivity index (χ3n) is 4.16. The fraction of sp³-hybridized carbons (Fsp3) is 0.217. The average molecular weight is 375 g/mol. The number of rotatable bonds is 6. The van der Waals surface area contributed by atoms with Crippen LogP contribution in [0.15, 0.2) is 60.9 Å².